The second-order valence-corrected chi connectivity index (χ2v) is 8.31. The summed E-state index contributed by atoms with van der Waals surface area (Å²) >= 11 is 3.17. The van der Waals surface area contributed by atoms with Gasteiger partial charge >= 0.3 is 0 Å². The topological polar surface area (TPSA) is 86.5 Å². The molecule has 118 valence electrons. The number of hydrogen-bond acceptors (Lipinski definition) is 5. The zero-order valence-corrected chi connectivity index (χ0v) is 14.4. The van der Waals surface area contributed by atoms with Crippen molar-refractivity contribution in [1.29, 1.82) is 0 Å². The van der Waals surface area contributed by atoms with Crippen LogP contribution in [-0.2, 0) is 9.05 Å². The van der Waals surface area contributed by atoms with Gasteiger partial charge in [0, 0.05) is 27.1 Å². The zero-order chi connectivity index (χ0) is 16.0. The number of nitro groups is 1. The molecule has 0 aliphatic carbocycles. The summed E-state index contributed by atoms with van der Waals surface area (Å²) in [6, 6.07) is 4.24. The Morgan fingerprint density at radius 3 is 2.62 bits per heavy atom. The Kier molecular flexibility index (Phi) is 6.89. The van der Waals surface area contributed by atoms with E-state index in [4.69, 9.17) is 15.4 Å². The van der Waals surface area contributed by atoms with E-state index in [1.165, 1.54) is 12.1 Å². The maximum atomic E-state index is 11.1. The minimum absolute atomic E-state index is 0.101. The van der Waals surface area contributed by atoms with E-state index in [2.05, 4.69) is 15.9 Å². The van der Waals surface area contributed by atoms with Crippen LogP contribution in [0.25, 0.3) is 0 Å². The quantitative estimate of drug-likeness (QED) is 0.377. The largest absolute Gasteiger partial charge is 0.493 e. The summed E-state index contributed by atoms with van der Waals surface area (Å²) in [4.78, 5) is 10.2. The molecular weight excluding hydrogens is 386 g/mol. The predicted octanol–water partition coefficient (Wildman–Crippen LogP) is 3.72. The van der Waals surface area contributed by atoms with Gasteiger partial charge in [0.15, 0.2) is 0 Å². The molecule has 21 heavy (non-hydrogen) atoms. The van der Waals surface area contributed by atoms with Crippen LogP contribution < -0.4 is 4.74 Å². The number of nitrogens with zero attached hydrogens (tertiary/aromatic N) is 1. The van der Waals surface area contributed by atoms with Gasteiger partial charge in [0.25, 0.3) is 5.69 Å². The maximum absolute atomic E-state index is 11.1. The van der Waals surface area contributed by atoms with Crippen molar-refractivity contribution in [2.75, 3.05) is 12.4 Å². The Labute approximate surface area is 136 Å². The number of hydrogen-bond donors (Lipinski definition) is 0. The average Bonchev–Trinajstić information content (AvgIpc) is 2.34. The molecule has 0 heterocycles. The van der Waals surface area contributed by atoms with E-state index in [0.29, 0.717) is 16.6 Å². The van der Waals surface area contributed by atoms with Crippen LogP contribution in [0.3, 0.4) is 0 Å². The summed E-state index contributed by atoms with van der Waals surface area (Å²) in [5.41, 5.74) is -0.101. The third-order valence-corrected chi connectivity index (χ3v) is 4.39. The molecule has 1 aromatic carbocycles. The van der Waals surface area contributed by atoms with Crippen LogP contribution in [0.1, 0.15) is 19.8 Å². The number of benzene rings is 1. The molecule has 0 amide bonds. The second-order valence-electron chi connectivity index (χ2n) is 4.57. The first-order valence-electron chi connectivity index (χ1n) is 6.21. The fraction of sp³-hybridized carbons (Fsp3) is 0.500. The van der Waals surface area contributed by atoms with E-state index in [1.54, 1.807) is 6.07 Å². The Morgan fingerprint density at radius 1 is 1.43 bits per heavy atom. The van der Waals surface area contributed by atoms with E-state index in [1.807, 2.05) is 6.92 Å². The molecule has 0 N–H and O–H groups in total. The lowest BCUT2D eigenvalue weighted by Gasteiger charge is -2.15. The molecule has 0 aromatic heterocycles. The fourth-order valence-corrected chi connectivity index (χ4v) is 3.68. The van der Waals surface area contributed by atoms with Gasteiger partial charge in [-0.15, -0.1) is 0 Å². The van der Waals surface area contributed by atoms with E-state index < -0.39 is 14.0 Å². The first kappa shape index (κ1) is 18.2. The zero-order valence-electron chi connectivity index (χ0n) is 11.3. The fourth-order valence-electron chi connectivity index (χ4n) is 1.86. The van der Waals surface area contributed by atoms with Crippen molar-refractivity contribution >= 4 is 41.4 Å². The Hall–Kier alpha value is -0.860. The predicted molar refractivity (Wildman–Crippen MR) is 84.3 cm³/mol. The molecule has 0 fully saturated rings. The molecule has 1 atom stereocenters. The van der Waals surface area contributed by atoms with E-state index in [9.17, 15) is 18.5 Å². The molecule has 1 unspecified atom stereocenters. The summed E-state index contributed by atoms with van der Waals surface area (Å²) < 4.78 is 28.3. The van der Waals surface area contributed by atoms with Crippen LogP contribution in [0, 0.1) is 16.0 Å². The molecule has 9 heteroatoms. The van der Waals surface area contributed by atoms with Gasteiger partial charge in [0.05, 0.1) is 23.3 Å². The molecule has 0 spiro atoms. The van der Waals surface area contributed by atoms with Crippen LogP contribution in [-0.4, -0.2) is 25.7 Å². The molecule has 0 aliphatic rings. The normalized spacial score (nSPS) is 12.9. The number of nitro benzene ring substituents is 1. The summed E-state index contributed by atoms with van der Waals surface area (Å²) in [5, 5.41) is 10.8. The van der Waals surface area contributed by atoms with Crippen LogP contribution in [0.5, 0.6) is 5.75 Å². The third kappa shape index (κ3) is 7.10. The lowest BCUT2D eigenvalue weighted by atomic mass is 10.1. The van der Waals surface area contributed by atoms with E-state index in [0.717, 1.165) is 6.42 Å². The van der Waals surface area contributed by atoms with Crippen LogP contribution in [0.15, 0.2) is 22.7 Å². The average molecular weight is 401 g/mol. The summed E-state index contributed by atoms with van der Waals surface area (Å²) in [5.74, 6) is -0.127. The monoisotopic (exact) mass is 399 g/mol. The number of non-ortho nitro benzene ring substituents is 1. The highest BCUT2D eigenvalue weighted by molar-refractivity contribution is 9.10. The van der Waals surface area contributed by atoms with Gasteiger partial charge in [-0.05, 0) is 12.5 Å². The van der Waals surface area contributed by atoms with E-state index in [-0.39, 0.29) is 24.0 Å². The van der Waals surface area contributed by atoms with Crippen molar-refractivity contribution in [2.45, 2.75) is 19.8 Å². The molecular formula is C12H15BrClNO5S. The van der Waals surface area contributed by atoms with Crippen LogP contribution in [0.2, 0.25) is 0 Å². The minimum atomic E-state index is -3.60. The number of ether oxygens (including phenoxy) is 1. The minimum Gasteiger partial charge on any atom is -0.493 e. The van der Waals surface area contributed by atoms with Gasteiger partial charge in [0.1, 0.15) is 5.75 Å². The van der Waals surface area contributed by atoms with Gasteiger partial charge in [-0.1, -0.05) is 29.3 Å². The lowest BCUT2D eigenvalue weighted by Crippen LogP contribution is -2.19. The van der Waals surface area contributed by atoms with Crippen molar-refractivity contribution < 1.29 is 18.1 Å². The van der Waals surface area contributed by atoms with Gasteiger partial charge < -0.3 is 4.74 Å². The molecule has 0 saturated carbocycles. The number of rotatable bonds is 8. The molecule has 1 aromatic rings. The van der Waals surface area contributed by atoms with Crippen LogP contribution in [0.4, 0.5) is 5.69 Å². The number of halogens is 2. The third-order valence-electron chi connectivity index (χ3n) is 2.68. The highest BCUT2D eigenvalue weighted by Crippen LogP contribution is 2.27. The van der Waals surface area contributed by atoms with Gasteiger partial charge in [-0.25, -0.2) is 8.42 Å². The van der Waals surface area contributed by atoms with E-state index >= 15 is 0 Å². The molecule has 1 rings (SSSR count). The Morgan fingerprint density at radius 2 is 2.10 bits per heavy atom. The molecule has 0 aliphatic heterocycles. The van der Waals surface area contributed by atoms with Crippen molar-refractivity contribution in [3.05, 3.63) is 32.8 Å². The smallest absolute Gasteiger partial charge is 0.274 e. The van der Waals surface area contributed by atoms with Gasteiger partial charge in [0.2, 0.25) is 9.05 Å². The Bertz CT molecular complexity index is 608. The van der Waals surface area contributed by atoms with Gasteiger partial charge in [-0.2, -0.15) is 0 Å². The van der Waals surface area contributed by atoms with Crippen molar-refractivity contribution in [1.82, 2.24) is 0 Å². The van der Waals surface area contributed by atoms with Crippen LogP contribution >= 0.6 is 26.6 Å². The summed E-state index contributed by atoms with van der Waals surface area (Å²) in [6.07, 6.45) is 1.43. The summed E-state index contributed by atoms with van der Waals surface area (Å²) in [7, 11) is 1.65. The second kappa shape index (κ2) is 7.95. The summed E-state index contributed by atoms with van der Waals surface area (Å²) in [6.45, 7) is 2.06. The lowest BCUT2D eigenvalue weighted by molar-refractivity contribution is -0.385. The standard InChI is InChI=1S/C12H15BrClNO5S/c1-2-3-9(8-21(14,18)19)7-20-12-5-10(13)4-11(6-12)15(16)17/h4-6,9H,2-3,7-8H2,1H3. The Balaban J connectivity index is 2.77. The first-order valence-corrected chi connectivity index (χ1v) is 9.48. The molecule has 6 nitrogen and oxygen atoms in total. The molecule has 0 radical (unpaired) electrons. The van der Waals surface area contributed by atoms with Crippen molar-refractivity contribution in [3.63, 3.8) is 0 Å². The highest BCUT2D eigenvalue weighted by Gasteiger charge is 2.18. The van der Waals surface area contributed by atoms with Crippen molar-refractivity contribution in [3.8, 4) is 5.75 Å². The SMILES string of the molecule is CCCC(COc1cc(Br)cc([N+](=O)[O-])c1)CS(=O)(=O)Cl. The first-order chi connectivity index (χ1) is 9.71. The maximum Gasteiger partial charge on any atom is 0.274 e. The van der Waals surface area contributed by atoms with Crippen molar-refractivity contribution in [2.24, 2.45) is 5.92 Å². The molecule has 0 bridgehead atoms. The highest BCUT2D eigenvalue weighted by atomic mass is 79.9. The molecule has 0 saturated heterocycles. The van der Waals surface area contributed by atoms with Gasteiger partial charge in [-0.3, -0.25) is 10.1 Å².